The number of thioether (sulfide) groups is 1. The van der Waals surface area contributed by atoms with Crippen LogP contribution in [0.3, 0.4) is 0 Å². The summed E-state index contributed by atoms with van der Waals surface area (Å²) in [6.07, 6.45) is 1.22. The number of aromatic carboxylic acids is 1. The predicted octanol–water partition coefficient (Wildman–Crippen LogP) is 3.46. The van der Waals surface area contributed by atoms with E-state index in [9.17, 15) is 4.79 Å². The van der Waals surface area contributed by atoms with Gasteiger partial charge in [-0.05, 0) is 17.7 Å². The van der Waals surface area contributed by atoms with Gasteiger partial charge in [-0.1, -0.05) is 28.9 Å². The minimum absolute atomic E-state index is 0.124. The maximum absolute atomic E-state index is 10.8. The Morgan fingerprint density at radius 3 is 2.72 bits per heavy atom. The Bertz CT molecular complexity index is 539. The molecule has 0 unspecified atom stereocenters. The summed E-state index contributed by atoms with van der Waals surface area (Å²) in [7, 11) is 0. The lowest BCUT2D eigenvalue weighted by atomic mass is 10.2. The summed E-state index contributed by atoms with van der Waals surface area (Å²) in [5.41, 5.74) is 1.25. The molecule has 0 saturated carbocycles. The molecular weight excluding hydrogens is 274 g/mol. The molecule has 0 aliphatic rings. The number of carboxylic acids is 1. The summed E-state index contributed by atoms with van der Waals surface area (Å²) in [6, 6.07) is 7.53. The average molecular weight is 284 g/mol. The second kappa shape index (κ2) is 5.93. The first-order valence-corrected chi connectivity index (χ1v) is 6.69. The lowest BCUT2D eigenvalue weighted by Gasteiger charge is -2.00. The molecule has 18 heavy (non-hydrogen) atoms. The number of hydrogen-bond acceptors (Lipinski definition) is 4. The molecule has 0 radical (unpaired) electrons. The monoisotopic (exact) mass is 283 g/mol. The Balaban J connectivity index is 1.90. The van der Waals surface area contributed by atoms with Crippen LogP contribution in [0.4, 0.5) is 0 Å². The fourth-order valence-electron chi connectivity index (χ4n) is 1.38. The number of benzene rings is 1. The molecule has 0 saturated heterocycles. The van der Waals surface area contributed by atoms with Crippen LogP contribution >= 0.6 is 23.4 Å². The Morgan fingerprint density at radius 1 is 1.33 bits per heavy atom. The summed E-state index contributed by atoms with van der Waals surface area (Å²) >= 11 is 7.35. The smallest absolute Gasteiger partial charge is 0.341 e. The highest BCUT2D eigenvalue weighted by Gasteiger charge is 2.14. The number of carbonyl (C=O) groups is 1. The molecule has 0 aliphatic carbocycles. The van der Waals surface area contributed by atoms with Crippen molar-refractivity contribution in [2.45, 2.75) is 11.5 Å². The summed E-state index contributed by atoms with van der Waals surface area (Å²) in [5, 5.41) is 13.1. The van der Waals surface area contributed by atoms with Gasteiger partial charge in [0.15, 0.2) is 5.76 Å². The van der Waals surface area contributed by atoms with E-state index in [4.69, 9.17) is 21.2 Å². The van der Waals surface area contributed by atoms with E-state index in [1.165, 1.54) is 6.20 Å². The van der Waals surface area contributed by atoms with Crippen LogP contribution in [0.5, 0.6) is 0 Å². The number of carboxylic acid groups (broad SMARTS) is 1. The topological polar surface area (TPSA) is 63.3 Å². The van der Waals surface area contributed by atoms with E-state index in [1.807, 2.05) is 24.3 Å². The molecule has 0 spiro atoms. The second-order valence-corrected chi connectivity index (χ2v) is 5.01. The van der Waals surface area contributed by atoms with Gasteiger partial charge in [-0.15, -0.1) is 11.8 Å². The highest BCUT2D eigenvalue weighted by atomic mass is 35.5. The molecule has 0 amide bonds. The summed E-state index contributed by atoms with van der Waals surface area (Å²) in [4.78, 5) is 10.8. The quantitative estimate of drug-likeness (QED) is 0.910. The number of halogens is 1. The van der Waals surface area contributed by atoms with Gasteiger partial charge in [0.1, 0.15) is 5.56 Å². The van der Waals surface area contributed by atoms with E-state index in [-0.39, 0.29) is 5.56 Å². The van der Waals surface area contributed by atoms with E-state index < -0.39 is 5.97 Å². The van der Waals surface area contributed by atoms with Crippen LogP contribution in [0, 0.1) is 0 Å². The fraction of sp³-hybridized carbons (Fsp3) is 0.167. The largest absolute Gasteiger partial charge is 0.478 e. The number of rotatable bonds is 5. The predicted molar refractivity (Wildman–Crippen MR) is 69.9 cm³/mol. The van der Waals surface area contributed by atoms with Gasteiger partial charge in [0.25, 0.3) is 0 Å². The van der Waals surface area contributed by atoms with Crippen LogP contribution in [0.1, 0.15) is 21.7 Å². The standard InChI is InChI=1S/C12H10ClNO3S/c13-9-3-1-8(2-4-9)6-18-7-11-10(12(15)16)5-14-17-11/h1-5H,6-7H2,(H,15,16). The van der Waals surface area contributed by atoms with Crippen molar-refractivity contribution < 1.29 is 14.4 Å². The van der Waals surface area contributed by atoms with Crippen LogP contribution in [0.25, 0.3) is 0 Å². The minimum atomic E-state index is -1.02. The van der Waals surface area contributed by atoms with Crippen molar-refractivity contribution in [3.63, 3.8) is 0 Å². The molecule has 1 N–H and O–H groups in total. The highest BCUT2D eigenvalue weighted by Crippen LogP contribution is 2.21. The van der Waals surface area contributed by atoms with Crippen LogP contribution < -0.4 is 0 Å². The lowest BCUT2D eigenvalue weighted by Crippen LogP contribution is -1.97. The first-order valence-electron chi connectivity index (χ1n) is 5.16. The Hall–Kier alpha value is -1.46. The lowest BCUT2D eigenvalue weighted by molar-refractivity contribution is 0.0695. The van der Waals surface area contributed by atoms with Crippen molar-refractivity contribution in [3.05, 3.63) is 52.4 Å². The third-order valence-corrected chi connectivity index (χ3v) is 3.55. The zero-order valence-corrected chi connectivity index (χ0v) is 10.9. The molecule has 0 atom stereocenters. The first kappa shape index (κ1) is 13.0. The van der Waals surface area contributed by atoms with Gasteiger partial charge in [-0.25, -0.2) is 4.79 Å². The summed E-state index contributed by atoms with van der Waals surface area (Å²) < 4.78 is 4.91. The van der Waals surface area contributed by atoms with E-state index in [1.54, 1.807) is 11.8 Å². The highest BCUT2D eigenvalue weighted by molar-refractivity contribution is 7.97. The van der Waals surface area contributed by atoms with Crippen LogP contribution in [0.2, 0.25) is 5.02 Å². The Morgan fingerprint density at radius 2 is 2.06 bits per heavy atom. The molecule has 0 fully saturated rings. The molecule has 2 aromatic rings. The van der Waals surface area contributed by atoms with Gasteiger partial charge in [-0.2, -0.15) is 0 Å². The summed E-state index contributed by atoms with van der Waals surface area (Å²) in [5.74, 6) is 0.612. The van der Waals surface area contributed by atoms with Gasteiger partial charge in [0.05, 0.1) is 11.9 Å². The maximum atomic E-state index is 10.8. The van der Waals surface area contributed by atoms with E-state index in [0.717, 1.165) is 11.3 Å². The van der Waals surface area contributed by atoms with Crippen molar-refractivity contribution in [3.8, 4) is 0 Å². The number of hydrogen-bond donors (Lipinski definition) is 1. The fourth-order valence-corrected chi connectivity index (χ4v) is 2.43. The van der Waals surface area contributed by atoms with Crippen LogP contribution in [-0.2, 0) is 11.5 Å². The zero-order chi connectivity index (χ0) is 13.0. The SMILES string of the molecule is O=C(O)c1cnoc1CSCc1ccc(Cl)cc1. The number of nitrogens with zero attached hydrogens (tertiary/aromatic N) is 1. The second-order valence-electron chi connectivity index (χ2n) is 3.59. The molecule has 2 rings (SSSR count). The molecule has 6 heteroatoms. The molecule has 1 aromatic heterocycles. The van der Waals surface area contributed by atoms with Gasteiger partial charge < -0.3 is 9.63 Å². The molecule has 94 valence electrons. The van der Waals surface area contributed by atoms with Crippen molar-refractivity contribution >= 4 is 29.3 Å². The molecule has 4 nitrogen and oxygen atoms in total. The Kier molecular flexibility index (Phi) is 4.28. The van der Waals surface area contributed by atoms with Crippen molar-refractivity contribution in [1.82, 2.24) is 5.16 Å². The van der Waals surface area contributed by atoms with Gasteiger partial charge in [0.2, 0.25) is 0 Å². The van der Waals surface area contributed by atoms with Gasteiger partial charge in [-0.3, -0.25) is 0 Å². The van der Waals surface area contributed by atoms with Crippen LogP contribution in [-0.4, -0.2) is 16.2 Å². The van der Waals surface area contributed by atoms with Crippen LogP contribution in [0.15, 0.2) is 35.0 Å². The molecular formula is C12H10ClNO3S. The minimum Gasteiger partial charge on any atom is -0.478 e. The first-order chi connectivity index (χ1) is 8.66. The van der Waals surface area contributed by atoms with Crippen molar-refractivity contribution in [1.29, 1.82) is 0 Å². The van der Waals surface area contributed by atoms with Crippen molar-refractivity contribution in [2.75, 3.05) is 0 Å². The molecule has 1 aromatic carbocycles. The molecule has 0 bridgehead atoms. The molecule has 1 heterocycles. The van der Waals surface area contributed by atoms with Gasteiger partial charge in [0, 0.05) is 10.8 Å². The zero-order valence-electron chi connectivity index (χ0n) is 9.30. The maximum Gasteiger partial charge on any atom is 0.341 e. The number of aromatic nitrogens is 1. The van der Waals surface area contributed by atoms with Crippen molar-refractivity contribution in [2.24, 2.45) is 0 Å². The Labute approximate surface area is 113 Å². The van der Waals surface area contributed by atoms with E-state index in [2.05, 4.69) is 5.16 Å². The van der Waals surface area contributed by atoms with E-state index >= 15 is 0 Å². The third-order valence-electron chi connectivity index (χ3n) is 2.29. The normalized spacial score (nSPS) is 10.5. The summed E-state index contributed by atoms with van der Waals surface area (Å²) in [6.45, 7) is 0. The average Bonchev–Trinajstić information content (AvgIpc) is 2.80. The molecule has 0 aliphatic heterocycles. The van der Waals surface area contributed by atoms with Gasteiger partial charge >= 0.3 is 5.97 Å². The third kappa shape index (κ3) is 3.27. The van der Waals surface area contributed by atoms with E-state index in [0.29, 0.717) is 16.5 Å².